The van der Waals surface area contributed by atoms with E-state index in [0.717, 1.165) is 51.4 Å². The van der Waals surface area contributed by atoms with Gasteiger partial charge < -0.3 is 16.2 Å². The van der Waals surface area contributed by atoms with Gasteiger partial charge in [0.1, 0.15) is 6.04 Å². The van der Waals surface area contributed by atoms with E-state index in [4.69, 9.17) is 10.8 Å². The minimum absolute atomic E-state index is 0.0581. The Bertz CT molecular complexity index is 573. The van der Waals surface area contributed by atoms with Crippen molar-refractivity contribution in [2.24, 2.45) is 5.73 Å². The van der Waals surface area contributed by atoms with Crippen LogP contribution in [-0.2, 0) is 19.2 Å². The number of unbranched alkanes of at least 4 members (excludes halogenated alkanes) is 9. The van der Waals surface area contributed by atoms with Crippen molar-refractivity contribution in [2.45, 2.75) is 89.5 Å². The molecule has 1 atom stereocenters. The molecule has 0 fully saturated rings. The van der Waals surface area contributed by atoms with E-state index in [2.05, 4.69) is 5.32 Å². The first-order chi connectivity index (χ1) is 14.4. The lowest BCUT2D eigenvalue weighted by Gasteiger charge is -2.13. The predicted molar refractivity (Wildman–Crippen MR) is 115 cm³/mol. The van der Waals surface area contributed by atoms with Crippen molar-refractivity contribution < 1.29 is 24.3 Å². The van der Waals surface area contributed by atoms with Gasteiger partial charge in [0.05, 0.1) is 0 Å². The summed E-state index contributed by atoms with van der Waals surface area (Å²) in [5, 5.41) is 11.5. The van der Waals surface area contributed by atoms with E-state index in [1.165, 1.54) is 29.9 Å². The summed E-state index contributed by atoms with van der Waals surface area (Å²) in [6.45, 7) is 1.09. The van der Waals surface area contributed by atoms with Crippen molar-refractivity contribution in [1.82, 2.24) is 10.2 Å². The summed E-state index contributed by atoms with van der Waals surface area (Å²) in [6.07, 6.45) is 14.6. The second-order valence-electron chi connectivity index (χ2n) is 7.88. The molecule has 8 heteroatoms. The Labute approximate surface area is 179 Å². The number of nitrogens with one attached hydrogen (secondary N) is 1. The third-order valence-corrected chi connectivity index (χ3v) is 5.27. The zero-order valence-electron chi connectivity index (χ0n) is 17.9. The Morgan fingerprint density at radius 1 is 0.867 bits per heavy atom. The third kappa shape index (κ3) is 11.7. The van der Waals surface area contributed by atoms with Crippen LogP contribution in [0, 0.1) is 0 Å². The monoisotopic (exact) mass is 423 g/mol. The molecule has 1 heterocycles. The molecule has 0 aromatic carbocycles. The van der Waals surface area contributed by atoms with Crippen LogP contribution in [0.3, 0.4) is 0 Å². The molecule has 0 bridgehead atoms. The van der Waals surface area contributed by atoms with E-state index in [-0.39, 0.29) is 17.7 Å². The number of hydrogen-bond donors (Lipinski definition) is 3. The Kier molecular flexibility index (Phi) is 13.4. The molecule has 170 valence electrons. The number of nitrogens with two attached hydrogens (primary N) is 1. The zero-order chi connectivity index (χ0) is 22.2. The van der Waals surface area contributed by atoms with Crippen LogP contribution in [0.2, 0.25) is 0 Å². The van der Waals surface area contributed by atoms with Gasteiger partial charge in [0.15, 0.2) is 0 Å². The molecule has 0 aromatic heterocycles. The summed E-state index contributed by atoms with van der Waals surface area (Å²) in [5.41, 5.74) is 5.42. The van der Waals surface area contributed by atoms with Crippen LogP contribution < -0.4 is 11.1 Å². The minimum Gasteiger partial charge on any atom is -0.480 e. The van der Waals surface area contributed by atoms with Crippen LogP contribution in [0.4, 0.5) is 0 Å². The average Bonchev–Trinajstić information content (AvgIpc) is 3.03. The van der Waals surface area contributed by atoms with Crippen LogP contribution in [0.5, 0.6) is 0 Å². The summed E-state index contributed by atoms with van der Waals surface area (Å²) < 4.78 is 0. The lowest BCUT2D eigenvalue weighted by atomic mass is 10.1. The van der Waals surface area contributed by atoms with Gasteiger partial charge in [0.25, 0.3) is 11.8 Å². The molecule has 0 spiro atoms. The maximum Gasteiger partial charge on any atom is 0.320 e. The normalized spacial score (nSPS) is 14.4. The van der Waals surface area contributed by atoms with E-state index in [1.54, 1.807) is 0 Å². The van der Waals surface area contributed by atoms with Gasteiger partial charge in [0, 0.05) is 31.7 Å². The summed E-state index contributed by atoms with van der Waals surface area (Å²) >= 11 is 0. The van der Waals surface area contributed by atoms with Crippen molar-refractivity contribution in [3.63, 3.8) is 0 Å². The second-order valence-corrected chi connectivity index (χ2v) is 7.88. The van der Waals surface area contributed by atoms with E-state index < -0.39 is 12.0 Å². The molecule has 0 aromatic rings. The quantitative estimate of drug-likeness (QED) is 0.229. The largest absolute Gasteiger partial charge is 0.480 e. The number of aliphatic carboxylic acids is 1. The average molecular weight is 424 g/mol. The van der Waals surface area contributed by atoms with Gasteiger partial charge in [0.2, 0.25) is 5.91 Å². The molecular weight excluding hydrogens is 386 g/mol. The SMILES string of the molecule is N[C@@H](CCCCNC(=O)CCCCCCCCCCCN1C(=O)C=CC1=O)C(=O)O. The third-order valence-electron chi connectivity index (χ3n) is 5.27. The van der Waals surface area contributed by atoms with E-state index in [0.29, 0.717) is 32.4 Å². The van der Waals surface area contributed by atoms with E-state index in [9.17, 15) is 19.2 Å². The van der Waals surface area contributed by atoms with E-state index in [1.807, 2.05) is 0 Å². The summed E-state index contributed by atoms with van der Waals surface area (Å²) in [7, 11) is 0. The van der Waals surface area contributed by atoms with Gasteiger partial charge >= 0.3 is 5.97 Å². The number of amides is 3. The first-order valence-electron chi connectivity index (χ1n) is 11.2. The fourth-order valence-electron chi connectivity index (χ4n) is 3.37. The molecule has 0 saturated carbocycles. The lowest BCUT2D eigenvalue weighted by Crippen LogP contribution is -2.30. The molecule has 1 rings (SSSR count). The number of carboxylic acids is 1. The van der Waals surface area contributed by atoms with Crippen molar-refractivity contribution >= 4 is 23.7 Å². The number of nitrogens with zero attached hydrogens (tertiary/aromatic N) is 1. The molecule has 0 saturated heterocycles. The van der Waals surface area contributed by atoms with Crippen molar-refractivity contribution in [1.29, 1.82) is 0 Å². The summed E-state index contributed by atoms with van der Waals surface area (Å²) in [4.78, 5) is 46.4. The first kappa shape index (κ1) is 25.8. The number of rotatable bonds is 18. The molecule has 8 nitrogen and oxygen atoms in total. The van der Waals surface area contributed by atoms with Crippen LogP contribution >= 0.6 is 0 Å². The standard InChI is InChI=1S/C22H37N3O5/c23-18(22(29)30)12-9-10-16-24-19(26)13-8-6-4-2-1-3-5-7-11-17-25-20(27)14-15-21(25)28/h14-15,18H,1-13,16-17,23H2,(H,24,26)(H,29,30)/t18-/m0/s1. The van der Waals surface area contributed by atoms with Gasteiger partial charge in [-0.3, -0.25) is 24.1 Å². The van der Waals surface area contributed by atoms with Gasteiger partial charge in [-0.2, -0.15) is 0 Å². The fraction of sp³-hybridized carbons (Fsp3) is 0.727. The van der Waals surface area contributed by atoms with Gasteiger partial charge in [-0.1, -0.05) is 44.9 Å². The smallest absolute Gasteiger partial charge is 0.320 e. The molecule has 4 N–H and O–H groups in total. The highest BCUT2D eigenvalue weighted by atomic mass is 16.4. The van der Waals surface area contributed by atoms with Gasteiger partial charge in [-0.25, -0.2) is 0 Å². The number of hydrogen-bond acceptors (Lipinski definition) is 5. The Morgan fingerprint density at radius 3 is 1.97 bits per heavy atom. The second kappa shape index (κ2) is 15.6. The van der Waals surface area contributed by atoms with Crippen LogP contribution in [0.1, 0.15) is 83.5 Å². The molecule has 1 aliphatic rings. The molecule has 3 amide bonds. The fourth-order valence-corrected chi connectivity index (χ4v) is 3.37. The van der Waals surface area contributed by atoms with Crippen LogP contribution in [0.25, 0.3) is 0 Å². The Balaban J connectivity index is 1.81. The molecule has 0 aliphatic carbocycles. The van der Waals surface area contributed by atoms with Crippen molar-refractivity contribution in [2.75, 3.05) is 13.1 Å². The summed E-state index contributed by atoms with van der Waals surface area (Å²) in [6, 6.07) is -0.815. The first-order valence-corrected chi connectivity index (χ1v) is 11.2. The highest BCUT2D eigenvalue weighted by molar-refractivity contribution is 6.12. The highest BCUT2D eigenvalue weighted by Crippen LogP contribution is 2.12. The predicted octanol–water partition coefficient (Wildman–Crippen LogP) is 2.51. The number of carbonyl (C=O) groups excluding carboxylic acids is 3. The van der Waals surface area contributed by atoms with Crippen LogP contribution in [0.15, 0.2) is 12.2 Å². The molecule has 1 aliphatic heterocycles. The molecular formula is C22H37N3O5. The Hall–Kier alpha value is -2.22. The van der Waals surface area contributed by atoms with Crippen molar-refractivity contribution in [3.8, 4) is 0 Å². The molecule has 0 unspecified atom stereocenters. The maximum atomic E-state index is 11.7. The number of imide groups is 1. The Morgan fingerprint density at radius 2 is 1.40 bits per heavy atom. The van der Waals surface area contributed by atoms with E-state index >= 15 is 0 Å². The number of carbonyl (C=O) groups is 4. The highest BCUT2D eigenvalue weighted by Gasteiger charge is 2.22. The van der Waals surface area contributed by atoms with Crippen LogP contribution in [-0.4, -0.2) is 52.8 Å². The maximum absolute atomic E-state index is 11.7. The minimum atomic E-state index is -0.982. The van der Waals surface area contributed by atoms with Gasteiger partial charge in [-0.05, 0) is 32.1 Å². The number of carboxylic acid groups (broad SMARTS) is 1. The zero-order valence-corrected chi connectivity index (χ0v) is 17.9. The topological polar surface area (TPSA) is 130 Å². The molecule has 30 heavy (non-hydrogen) atoms. The molecule has 0 radical (unpaired) electrons. The van der Waals surface area contributed by atoms with Crippen molar-refractivity contribution in [3.05, 3.63) is 12.2 Å². The summed E-state index contributed by atoms with van der Waals surface area (Å²) in [5.74, 6) is -1.32. The van der Waals surface area contributed by atoms with Gasteiger partial charge in [-0.15, -0.1) is 0 Å². The lowest BCUT2D eigenvalue weighted by molar-refractivity contribution is -0.139.